The summed E-state index contributed by atoms with van der Waals surface area (Å²) in [7, 11) is 0. The monoisotopic (exact) mass is 269 g/mol. The van der Waals surface area contributed by atoms with E-state index in [-0.39, 0.29) is 13.0 Å². The molecule has 0 radical (unpaired) electrons. The fourth-order valence-electron chi connectivity index (χ4n) is 1.21. The molecule has 1 rings (SSSR count). The lowest BCUT2D eigenvalue weighted by atomic mass is 10.1. The van der Waals surface area contributed by atoms with E-state index in [2.05, 4.69) is 19.1 Å². The maximum absolute atomic E-state index is 9.65. The molecule has 0 bridgehead atoms. The molecule has 0 fully saturated rings. The van der Waals surface area contributed by atoms with Crippen molar-refractivity contribution in [3.8, 4) is 0 Å². The summed E-state index contributed by atoms with van der Waals surface area (Å²) in [5.41, 5.74) is 7.92. The van der Waals surface area contributed by atoms with Crippen LogP contribution >= 0.6 is 11.6 Å². The van der Waals surface area contributed by atoms with E-state index in [1.807, 2.05) is 24.3 Å². The number of halogens is 1. The van der Waals surface area contributed by atoms with Crippen LogP contribution in [0.5, 0.6) is 0 Å². The van der Waals surface area contributed by atoms with Crippen molar-refractivity contribution < 1.29 is 9.90 Å². The molecule has 0 unspecified atom stereocenters. The van der Waals surface area contributed by atoms with Crippen LogP contribution in [-0.4, -0.2) is 17.0 Å². The summed E-state index contributed by atoms with van der Waals surface area (Å²) in [5, 5.41) is 7.44. The number of hydrogen-bond donors (Lipinski definition) is 2. The average Bonchev–Trinajstić information content (AvgIpc) is 2.31. The second-order valence-corrected chi connectivity index (χ2v) is 4.13. The van der Waals surface area contributed by atoms with Gasteiger partial charge in [-0.05, 0) is 29.7 Å². The molecule has 100 valence electrons. The molecule has 1 aromatic carbocycles. The van der Waals surface area contributed by atoms with Gasteiger partial charge in [0, 0.05) is 12.1 Å². The molecule has 4 heteroatoms. The minimum absolute atomic E-state index is 0.0571. The van der Waals surface area contributed by atoms with Crippen molar-refractivity contribution in [2.45, 2.75) is 26.2 Å². The zero-order valence-corrected chi connectivity index (χ0v) is 11.4. The number of benzene rings is 1. The van der Waals surface area contributed by atoms with E-state index in [0.29, 0.717) is 0 Å². The highest BCUT2D eigenvalue weighted by Gasteiger charge is 1.89. The summed E-state index contributed by atoms with van der Waals surface area (Å²) in [6, 6.07) is 10.2. The first-order valence-electron chi connectivity index (χ1n) is 5.90. The number of rotatable bonds is 5. The first-order chi connectivity index (χ1) is 8.60. The Morgan fingerprint density at radius 3 is 2.33 bits per heavy atom. The Kier molecular flexibility index (Phi) is 10.0. The van der Waals surface area contributed by atoms with E-state index in [9.17, 15) is 4.79 Å². The molecule has 0 spiro atoms. The van der Waals surface area contributed by atoms with Crippen LogP contribution in [0.4, 0.5) is 0 Å². The van der Waals surface area contributed by atoms with Gasteiger partial charge in [0.25, 0.3) is 0 Å². The Bertz CT molecular complexity index is 363. The Labute approximate surface area is 113 Å². The fraction of sp³-hybridized carbons (Fsp3) is 0.357. The SMILES string of the molecule is CCCC(N)=Cc1ccccc1.O=C(Cl)CCO. The maximum atomic E-state index is 9.65. The van der Waals surface area contributed by atoms with E-state index >= 15 is 0 Å². The topological polar surface area (TPSA) is 63.3 Å². The first-order valence-corrected chi connectivity index (χ1v) is 6.28. The molecule has 0 aliphatic carbocycles. The number of carbonyl (C=O) groups excluding carboxylic acids is 1. The second-order valence-electron chi connectivity index (χ2n) is 3.71. The van der Waals surface area contributed by atoms with Crippen molar-refractivity contribution in [3.63, 3.8) is 0 Å². The van der Waals surface area contributed by atoms with Crippen LogP contribution in [-0.2, 0) is 4.79 Å². The standard InChI is InChI=1S/C11H15N.C3H5ClO2/c1-2-6-11(12)9-10-7-4-3-5-8-10;4-3(6)1-2-5/h3-5,7-9H,2,6,12H2,1H3;5H,1-2H2. The van der Waals surface area contributed by atoms with Crippen LogP contribution in [0.1, 0.15) is 31.7 Å². The van der Waals surface area contributed by atoms with Crippen molar-refractivity contribution in [1.82, 2.24) is 0 Å². The number of nitrogens with two attached hydrogens (primary N) is 1. The molecule has 0 saturated carbocycles. The lowest BCUT2D eigenvalue weighted by molar-refractivity contribution is -0.112. The maximum Gasteiger partial charge on any atom is 0.223 e. The Hall–Kier alpha value is -1.32. The third-order valence-corrected chi connectivity index (χ3v) is 2.19. The summed E-state index contributed by atoms with van der Waals surface area (Å²) in [6.45, 7) is 1.98. The third-order valence-electron chi connectivity index (χ3n) is 2.00. The van der Waals surface area contributed by atoms with E-state index in [0.717, 1.165) is 18.5 Å². The fourth-order valence-corrected chi connectivity index (χ4v) is 1.30. The van der Waals surface area contributed by atoms with Crippen LogP contribution in [0.25, 0.3) is 6.08 Å². The van der Waals surface area contributed by atoms with Gasteiger partial charge >= 0.3 is 0 Å². The average molecular weight is 270 g/mol. The molecule has 0 saturated heterocycles. The number of allylic oxidation sites excluding steroid dienone is 1. The molecular formula is C14H20ClNO2. The highest BCUT2D eigenvalue weighted by Crippen LogP contribution is 2.06. The molecule has 0 atom stereocenters. The Balaban J connectivity index is 0.000000411. The van der Waals surface area contributed by atoms with Gasteiger partial charge in [0.15, 0.2) is 0 Å². The minimum atomic E-state index is -0.488. The van der Waals surface area contributed by atoms with Gasteiger partial charge in [-0.3, -0.25) is 4.79 Å². The van der Waals surface area contributed by atoms with Gasteiger partial charge in [-0.2, -0.15) is 0 Å². The molecule has 18 heavy (non-hydrogen) atoms. The van der Waals surface area contributed by atoms with E-state index in [1.165, 1.54) is 5.56 Å². The van der Waals surface area contributed by atoms with Gasteiger partial charge in [-0.1, -0.05) is 43.7 Å². The minimum Gasteiger partial charge on any atom is -0.402 e. The third kappa shape index (κ3) is 9.87. The quantitative estimate of drug-likeness (QED) is 0.808. The van der Waals surface area contributed by atoms with Crippen molar-refractivity contribution in [1.29, 1.82) is 0 Å². The van der Waals surface area contributed by atoms with Crippen molar-refractivity contribution in [3.05, 3.63) is 41.6 Å². The molecule has 3 nitrogen and oxygen atoms in total. The van der Waals surface area contributed by atoms with Crippen molar-refractivity contribution in [2.24, 2.45) is 5.73 Å². The van der Waals surface area contributed by atoms with Crippen molar-refractivity contribution >= 4 is 22.9 Å². The lowest BCUT2D eigenvalue weighted by Gasteiger charge is -1.97. The molecule has 0 amide bonds. The smallest absolute Gasteiger partial charge is 0.223 e. The number of carbonyl (C=O) groups is 1. The van der Waals surface area contributed by atoms with E-state index in [4.69, 9.17) is 22.4 Å². The zero-order chi connectivity index (χ0) is 13.8. The number of aliphatic hydroxyl groups excluding tert-OH is 1. The highest BCUT2D eigenvalue weighted by atomic mass is 35.5. The van der Waals surface area contributed by atoms with Gasteiger partial charge in [0.05, 0.1) is 6.61 Å². The van der Waals surface area contributed by atoms with E-state index < -0.39 is 5.24 Å². The summed E-state index contributed by atoms with van der Waals surface area (Å²) in [4.78, 5) is 9.65. The predicted molar refractivity (Wildman–Crippen MR) is 76.1 cm³/mol. The van der Waals surface area contributed by atoms with Gasteiger partial charge in [0.1, 0.15) is 0 Å². The van der Waals surface area contributed by atoms with Crippen LogP contribution < -0.4 is 5.73 Å². The molecule has 3 N–H and O–H groups in total. The number of aliphatic hydroxyl groups is 1. The molecule has 0 aliphatic heterocycles. The van der Waals surface area contributed by atoms with Crippen LogP contribution in [0.15, 0.2) is 36.0 Å². The largest absolute Gasteiger partial charge is 0.402 e. The van der Waals surface area contributed by atoms with Crippen LogP contribution in [0, 0.1) is 0 Å². The van der Waals surface area contributed by atoms with Crippen molar-refractivity contribution in [2.75, 3.05) is 6.61 Å². The molecule has 1 aromatic rings. The van der Waals surface area contributed by atoms with Gasteiger partial charge in [-0.15, -0.1) is 0 Å². The summed E-state index contributed by atoms with van der Waals surface area (Å²) in [6.07, 6.45) is 4.18. The highest BCUT2D eigenvalue weighted by molar-refractivity contribution is 6.63. The molecular weight excluding hydrogens is 250 g/mol. The van der Waals surface area contributed by atoms with Gasteiger partial charge in [0.2, 0.25) is 5.24 Å². The molecule has 0 heterocycles. The molecule has 0 aromatic heterocycles. The summed E-state index contributed by atoms with van der Waals surface area (Å²) in [5.74, 6) is 0. The zero-order valence-electron chi connectivity index (χ0n) is 10.6. The summed E-state index contributed by atoms with van der Waals surface area (Å²) < 4.78 is 0. The Morgan fingerprint density at radius 2 is 1.94 bits per heavy atom. The predicted octanol–water partition coefficient (Wildman–Crippen LogP) is 2.92. The van der Waals surface area contributed by atoms with Crippen LogP contribution in [0.2, 0.25) is 0 Å². The first kappa shape index (κ1) is 16.7. The lowest BCUT2D eigenvalue weighted by Crippen LogP contribution is -1.95. The van der Waals surface area contributed by atoms with E-state index in [1.54, 1.807) is 0 Å². The van der Waals surface area contributed by atoms with Gasteiger partial charge < -0.3 is 10.8 Å². The molecule has 0 aliphatic rings. The van der Waals surface area contributed by atoms with Gasteiger partial charge in [-0.25, -0.2) is 0 Å². The normalized spacial score (nSPS) is 10.5. The second kappa shape index (κ2) is 10.8. The van der Waals surface area contributed by atoms with Crippen LogP contribution in [0.3, 0.4) is 0 Å². The Morgan fingerprint density at radius 1 is 1.33 bits per heavy atom. The summed E-state index contributed by atoms with van der Waals surface area (Å²) >= 11 is 4.78. The number of hydrogen-bond acceptors (Lipinski definition) is 3.